The van der Waals surface area contributed by atoms with E-state index < -0.39 is 23.2 Å². The molecule has 21 heavy (non-hydrogen) atoms. The van der Waals surface area contributed by atoms with E-state index in [0.29, 0.717) is 10.3 Å². The molecule has 0 spiro atoms. The molecule has 0 radical (unpaired) electrons. The number of halogens is 2. The topological polar surface area (TPSA) is 0 Å². The van der Waals surface area contributed by atoms with Gasteiger partial charge in [0.15, 0.2) is 0 Å². The van der Waals surface area contributed by atoms with Gasteiger partial charge >= 0.3 is 134 Å². The summed E-state index contributed by atoms with van der Waals surface area (Å²) >= 11 is -0.558. The van der Waals surface area contributed by atoms with Crippen molar-refractivity contribution >= 4 is 22.4 Å². The first-order valence-corrected chi connectivity index (χ1v) is 11.1. The third-order valence-corrected chi connectivity index (χ3v) is 13.6. The van der Waals surface area contributed by atoms with Gasteiger partial charge in [-0.05, 0) is 0 Å². The maximum absolute atomic E-state index is 2.40. The summed E-state index contributed by atoms with van der Waals surface area (Å²) in [6.07, 6.45) is 0. The summed E-state index contributed by atoms with van der Waals surface area (Å²) < 4.78 is 3.64. The van der Waals surface area contributed by atoms with Gasteiger partial charge in [0.25, 0.3) is 0 Å². The minimum absolute atomic E-state index is 0. The summed E-state index contributed by atoms with van der Waals surface area (Å²) in [5.41, 5.74) is 6.52. The first-order chi connectivity index (χ1) is 8.56. The molecule has 0 amide bonds. The van der Waals surface area contributed by atoms with E-state index in [-0.39, 0.29) is 24.8 Å². The summed E-state index contributed by atoms with van der Waals surface area (Å²) in [5, 5.41) is 0.775. The van der Waals surface area contributed by atoms with Gasteiger partial charge in [-0.25, -0.2) is 0 Å². The van der Waals surface area contributed by atoms with E-state index in [1.54, 1.807) is 38.7 Å². The van der Waals surface area contributed by atoms with Gasteiger partial charge in [-0.15, -0.1) is 0 Å². The first-order valence-electron chi connectivity index (χ1n) is 6.89. The Hall–Kier alpha value is 1.28. The number of allylic oxidation sites excluding steroid dienone is 4. The smallest absolute Gasteiger partial charge is 1.00 e. The van der Waals surface area contributed by atoms with Crippen molar-refractivity contribution in [1.29, 1.82) is 0 Å². The Morgan fingerprint density at radius 2 is 0.952 bits per heavy atom. The molecule has 0 unspecified atom stereocenters. The van der Waals surface area contributed by atoms with Gasteiger partial charge in [-0.2, -0.15) is 0 Å². The Morgan fingerprint density at radius 1 is 0.667 bits per heavy atom. The van der Waals surface area contributed by atoms with E-state index >= 15 is 0 Å². The maximum Gasteiger partial charge on any atom is -1.00 e. The fourth-order valence-electron chi connectivity index (χ4n) is 2.52. The summed E-state index contributed by atoms with van der Waals surface area (Å²) in [4.78, 5) is 0. The summed E-state index contributed by atoms with van der Waals surface area (Å²) in [5.74, 6) is 0. The van der Waals surface area contributed by atoms with E-state index in [9.17, 15) is 0 Å². The zero-order chi connectivity index (χ0) is 14.6. The minimum atomic E-state index is -0.558. The second-order valence-electron chi connectivity index (χ2n) is 6.66. The molecule has 0 N–H and O–H groups in total. The molecule has 2 heterocycles. The van der Waals surface area contributed by atoms with Crippen LogP contribution in [0.4, 0.5) is 0 Å². The second kappa shape index (κ2) is 7.45. The van der Waals surface area contributed by atoms with Crippen molar-refractivity contribution in [2.45, 2.75) is 65.7 Å². The van der Waals surface area contributed by atoms with Gasteiger partial charge in [-0.1, -0.05) is 0 Å². The van der Waals surface area contributed by atoms with Crippen molar-refractivity contribution in [1.82, 2.24) is 0 Å². The van der Waals surface area contributed by atoms with Crippen molar-refractivity contribution in [3.05, 3.63) is 22.3 Å². The molecule has 2 rings (SSSR count). The fourth-order valence-corrected chi connectivity index (χ4v) is 14.3. The molecule has 0 fully saturated rings. The molecule has 0 bridgehead atoms. The number of hydrogen-bond acceptors (Lipinski definition) is 0. The van der Waals surface area contributed by atoms with Crippen molar-refractivity contribution < 1.29 is 48.0 Å². The predicted molar refractivity (Wildman–Crippen MR) is 88.8 cm³/mol. The SMILES string of the molecule is CC1=C(C)C(C)(C)P=[C]1[Zr+2][C]1=PC(C)(C)C(C)=C1C.[Cl-].[Cl-]. The normalized spacial score (nSPS) is 23.8. The number of rotatable bonds is 2. The molecule has 0 saturated carbocycles. The minimum Gasteiger partial charge on any atom is -1.00 e. The maximum atomic E-state index is 2.40. The van der Waals surface area contributed by atoms with Crippen molar-refractivity contribution in [2.75, 3.05) is 0 Å². The molecule has 2 aliphatic rings. The molecular formula is C16H24Cl2P2Zr. The van der Waals surface area contributed by atoms with Crippen molar-refractivity contribution in [3.8, 4) is 0 Å². The van der Waals surface area contributed by atoms with Crippen LogP contribution in [-0.4, -0.2) is 16.3 Å². The monoisotopic (exact) mass is 438 g/mol. The average molecular weight is 440 g/mol. The standard InChI is InChI=1S/2C8H12P.2ClH.Zr/c2*1-6-5-9-8(3,4)7(6)2;;;/h2*1-4H3;2*1H;/q;;;;+2/p-2. The fraction of sp³-hybridized carbons (Fsp3) is 0.625. The Morgan fingerprint density at radius 3 is 1.14 bits per heavy atom. The van der Waals surface area contributed by atoms with Gasteiger partial charge < -0.3 is 24.8 Å². The quantitative estimate of drug-likeness (QED) is 0.508. The molecule has 0 aliphatic carbocycles. The molecule has 116 valence electrons. The summed E-state index contributed by atoms with van der Waals surface area (Å²) in [7, 11) is 3.19. The van der Waals surface area contributed by atoms with Crippen LogP contribution in [0.2, 0.25) is 0 Å². The largest absolute Gasteiger partial charge is 1.00 e. The molecule has 0 aromatic carbocycles. The molecular weight excluding hydrogens is 416 g/mol. The van der Waals surface area contributed by atoms with Crippen LogP contribution >= 0.6 is 16.4 Å². The van der Waals surface area contributed by atoms with Gasteiger partial charge in [-0.3, -0.25) is 0 Å². The molecule has 0 aromatic rings. The number of hydrogen-bond donors (Lipinski definition) is 0. The molecule has 0 nitrogen and oxygen atoms in total. The van der Waals surface area contributed by atoms with Crippen LogP contribution in [0, 0.1) is 0 Å². The Kier molecular flexibility index (Phi) is 7.90. The molecule has 5 heteroatoms. The van der Waals surface area contributed by atoms with Crippen LogP contribution in [0.25, 0.3) is 0 Å². The summed E-state index contributed by atoms with van der Waals surface area (Å²) in [6, 6.07) is 0. The first kappa shape index (κ1) is 22.3. The Bertz CT molecular complexity index is 517. The Balaban J connectivity index is 0.00000200. The van der Waals surface area contributed by atoms with Crippen LogP contribution in [0.3, 0.4) is 0 Å². The zero-order valence-electron chi connectivity index (χ0n) is 14.2. The van der Waals surface area contributed by atoms with E-state index in [1.807, 2.05) is 6.00 Å². The van der Waals surface area contributed by atoms with Gasteiger partial charge in [0.05, 0.1) is 0 Å². The van der Waals surface area contributed by atoms with E-state index in [0.717, 1.165) is 0 Å². The molecule has 0 aromatic heterocycles. The van der Waals surface area contributed by atoms with E-state index in [4.69, 9.17) is 0 Å². The van der Waals surface area contributed by atoms with E-state index in [1.165, 1.54) is 0 Å². The van der Waals surface area contributed by atoms with Gasteiger partial charge in [0.2, 0.25) is 0 Å². The Labute approximate surface area is 157 Å². The van der Waals surface area contributed by atoms with Gasteiger partial charge in [0.1, 0.15) is 0 Å². The molecule has 0 saturated heterocycles. The third kappa shape index (κ3) is 4.22. The van der Waals surface area contributed by atoms with Crippen molar-refractivity contribution in [2.24, 2.45) is 0 Å². The van der Waals surface area contributed by atoms with Crippen LogP contribution in [0.1, 0.15) is 55.4 Å². The van der Waals surface area contributed by atoms with Crippen LogP contribution < -0.4 is 24.8 Å². The van der Waals surface area contributed by atoms with Crippen LogP contribution in [0.15, 0.2) is 22.3 Å². The molecule has 0 atom stereocenters. The zero-order valence-corrected chi connectivity index (χ0v) is 19.9. The van der Waals surface area contributed by atoms with Crippen LogP contribution in [-0.2, 0) is 23.2 Å². The predicted octanol–water partition coefficient (Wildman–Crippen LogP) is -0.514. The average Bonchev–Trinajstić information content (AvgIpc) is 2.60. The summed E-state index contributed by atoms with van der Waals surface area (Å²) in [6.45, 7) is 19.0. The van der Waals surface area contributed by atoms with E-state index in [2.05, 4.69) is 55.4 Å². The van der Waals surface area contributed by atoms with Crippen molar-refractivity contribution in [3.63, 3.8) is 0 Å². The van der Waals surface area contributed by atoms with Crippen LogP contribution in [0.5, 0.6) is 0 Å². The van der Waals surface area contributed by atoms with Gasteiger partial charge in [0, 0.05) is 0 Å². The second-order valence-corrected chi connectivity index (χ2v) is 15.4. The third-order valence-electron chi connectivity index (χ3n) is 4.69. The molecule has 2 aliphatic heterocycles.